The van der Waals surface area contributed by atoms with E-state index in [9.17, 15) is 0 Å². The van der Waals surface area contributed by atoms with Crippen molar-refractivity contribution in [3.63, 3.8) is 0 Å². The lowest BCUT2D eigenvalue weighted by atomic mass is 9.65. The molecule has 1 saturated carbocycles. The summed E-state index contributed by atoms with van der Waals surface area (Å²) < 4.78 is 1.97. The Morgan fingerprint density at radius 2 is 1.93 bits per heavy atom. The van der Waals surface area contributed by atoms with Gasteiger partial charge in [-0.05, 0) is 43.2 Å². The lowest BCUT2D eigenvalue weighted by Gasteiger charge is -2.48. The number of piperidine rings is 1. The van der Waals surface area contributed by atoms with Gasteiger partial charge in [-0.3, -0.25) is 0 Å². The molecule has 9 heteroatoms. The monoisotopic (exact) mass is 462 g/mol. The number of anilines is 1. The van der Waals surface area contributed by atoms with Crippen LogP contribution < -0.4 is 10.6 Å². The number of nitrogens with zero attached hydrogens (tertiary/aromatic N) is 5. The van der Waals surface area contributed by atoms with Gasteiger partial charge in [-0.2, -0.15) is 0 Å². The van der Waals surface area contributed by atoms with Gasteiger partial charge in [-0.1, -0.05) is 53.9 Å². The number of nitrogens with two attached hydrogens (primary N) is 1. The summed E-state index contributed by atoms with van der Waals surface area (Å²) in [6.45, 7) is 1.92. The first-order valence-electron chi connectivity index (χ1n) is 10.4. The average molecular weight is 463 g/mol. The van der Waals surface area contributed by atoms with Crippen LogP contribution in [0, 0.1) is 5.41 Å². The number of rotatable bonds is 3. The Morgan fingerprint density at radius 3 is 2.73 bits per heavy atom. The number of aromatic nitrogens is 4. The van der Waals surface area contributed by atoms with Gasteiger partial charge in [0, 0.05) is 30.2 Å². The second-order valence-corrected chi connectivity index (χ2v) is 10.2. The first-order chi connectivity index (χ1) is 14.6. The molecule has 2 N–H and O–H groups in total. The molecule has 158 valence electrons. The molecule has 30 heavy (non-hydrogen) atoms. The van der Waals surface area contributed by atoms with Crippen LogP contribution in [-0.2, 0) is 0 Å². The average Bonchev–Trinajstić information content (AvgIpc) is 3.25. The van der Waals surface area contributed by atoms with Gasteiger partial charge in [0.15, 0.2) is 5.65 Å². The van der Waals surface area contributed by atoms with E-state index in [0.29, 0.717) is 21.5 Å². The molecule has 2 aromatic heterocycles. The SMILES string of the molecule is NC1CCCCC12CCN(c1ncc(Sc3cccc(Cl)c3Cl)c3nncn13)CC2. The lowest BCUT2D eigenvalue weighted by molar-refractivity contribution is 0.113. The molecule has 1 spiro atoms. The Labute approximate surface area is 190 Å². The Hall–Kier alpha value is -1.54. The summed E-state index contributed by atoms with van der Waals surface area (Å²) in [6, 6.07) is 5.94. The van der Waals surface area contributed by atoms with Crippen LogP contribution in [0.5, 0.6) is 0 Å². The highest BCUT2D eigenvalue weighted by Crippen LogP contribution is 2.44. The van der Waals surface area contributed by atoms with Gasteiger partial charge in [-0.25, -0.2) is 9.38 Å². The van der Waals surface area contributed by atoms with Crippen molar-refractivity contribution in [3.05, 3.63) is 40.8 Å². The Balaban J connectivity index is 1.40. The molecule has 5 rings (SSSR count). The Bertz CT molecular complexity index is 1060. The fraction of sp³-hybridized carbons (Fsp3) is 0.476. The summed E-state index contributed by atoms with van der Waals surface area (Å²) in [5, 5.41) is 9.57. The van der Waals surface area contributed by atoms with Gasteiger partial charge < -0.3 is 10.6 Å². The molecule has 3 heterocycles. The van der Waals surface area contributed by atoms with Gasteiger partial charge in [0.05, 0.1) is 14.9 Å². The molecule has 1 aromatic carbocycles. The normalized spacial score (nSPS) is 21.4. The molecular weight excluding hydrogens is 439 g/mol. The maximum Gasteiger partial charge on any atom is 0.212 e. The summed E-state index contributed by atoms with van der Waals surface area (Å²) in [5.74, 6) is 0.885. The molecule has 1 atom stereocenters. The number of fused-ring (bicyclic) bond motifs is 1. The Kier molecular flexibility index (Phi) is 5.56. The van der Waals surface area contributed by atoms with Crippen LogP contribution in [0.2, 0.25) is 10.0 Å². The molecule has 0 radical (unpaired) electrons. The predicted molar refractivity (Wildman–Crippen MR) is 122 cm³/mol. The van der Waals surface area contributed by atoms with Crippen molar-refractivity contribution in [1.29, 1.82) is 0 Å². The second kappa shape index (κ2) is 8.19. The highest BCUT2D eigenvalue weighted by atomic mass is 35.5. The lowest BCUT2D eigenvalue weighted by Crippen LogP contribution is -2.51. The zero-order chi connectivity index (χ0) is 20.7. The number of halogens is 2. The van der Waals surface area contributed by atoms with E-state index < -0.39 is 0 Å². The minimum atomic E-state index is 0.306. The topological polar surface area (TPSA) is 72.3 Å². The molecule has 0 bridgehead atoms. The van der Waals surface area contributed by atoms with Gasteiger partial charge in [0.1, 0.15) is 6.33 Å². The van der Waals surface area contributed by atoms with Crippen molar-refractivity contribution in [1.82, 2.24) is 19.6 Å². The van der Waals surface area contributed by atoms with Crippen molar-refractivity contribution in [2.24, 2.45) is 11.1 Å². The second-order valence-electron chi connectivity index (χ2n) is 8.30. The Morgan fingerprint density at radius 1 is 1.10 bits per heavy atom. The summed E-state index contributed by atoms with van der Waals surface area (Å²) >= 11 is 14.0. The summed E-state index contributed by atoms with van der Waals surface area (Å²) in [4.78, 5) is 8.88. The van der Waals surface area contributed by atoms with E-state index in [4.69, 9.17) is 33.9 Å². The predicted octanol–water partition coefficient (Wildman–Crippen LogP) is 5.07. The van der Waals surface area contributed by atoms with Gasteiger partial charge in [0.25, 0.3) is 0 Å². The van der Waals surface area contributed by atoms with E-state index in [-0.39, 0.29) is 0 Å². The quantitative estimate of drug-likeness (QED) is 0.585. The highest BCUT2D eigenvalue weighted by molar-refractivity contribution is 7.99. The van der Waals surface area contributed by atoms with E-state index in [1.165, 1.54) is 31.0 Å². The van der Waals surface area contributed by atoms with Crippen LogP contribution in [0.15, 0.2) is 40.5 Å². The van der Waals surface area contributed by atoms with Gasteiger partial charge in [0.2, 0.25) is 5.95 Å². The van der Waals surface area contributed by atoms with Crippen LogP contribution >= 0.6 is 35.0 Å². The first kappa shape index (κ1) is 20.4. The van der Waals surface area contributed by atoms with Crippen molar-refractivity contribution >= 4 is 46.6 Å². The highest BCUT2D eigenvalue weighted by Gasteiger charge is 2.41. The van der Waals surface area contributed by atoms with Gasteiger partial charge >= 0.3 is 0 Å². The van der Waals surface area contributed by atoms with Gasteiger partial charge in [-0.15, -0.1) is 10.2 Å². The third-order valence-electron chi connectivity index (χ3n) is 6.69. The number of hydrogen-bond donors (Lipinski definition) is 1. The number of hydrogen-bond acceptors (Lipinski definition) is 6. The van der Waals surface area contributed by atoms with E-state index in [1.807, 2.05) is 22.7 Å². The van der Waals surface area contributed by atoms with Crippen molar-refractivity contribution in [2.45, 2.75) is 54.4 Å². The molecule has 2 aliphatic rings. The molecule has 6 nitrogen and oxygen atoms in total. The smallest absolute Gasteiger partial charge is 0.212 e. The van der Waals surface area contributed by atoms with Crippen LogP contribution in [0.3, 0.4) is 0 Å². The van der Waals surface area contributed by atoms with E-state index in [2.05, 4.69) is 15.1 Å². The van der Waals surface area contributed by atoms with E-state index >= 15 is 0 Å². The standard InChI is InChI=1S/C21H24Cl2N6S/c22-14-4-3-5-15(18(14)23)30-16-12-25-20(29-13-26-27-19(16)29)28-10-8-21(9-11-28)7-2-1-6-17(21)24/h3-5,12-13,17H,1-2,6-11,24H2. The molecule has 2 fully saturated rings. The van der Waals surface area contributed by atoms with Crippen molar-refractivity contribution in [3.8, 4) is 0 Å². The zero-order valence-corrected chi connectivity index (χ0v) is 18.9. The van der Waals surface area contributed by atoms with Crippen LogP contribution in [0.4, 0.5) is 5.95 Å². The van der Waals surface area contributed by atoms with Crippen molar-refractivity contribution in [2.75, 3.05) is 18.0 Å². The molecular formula is C21H24Cl2N6S. The molecule has 1 aliphatic heterocycles. The summed E-state index contributed by atoms with van der Waals surface area (Å²) in [5.41, 5.74) is 7.62. The van der Waals surface area contributed by atoms with E-state index in [1.54, 1.807) is 12.4 Å². The fourth-order valence-corrected chi connectivity index (χ4v) is 6.27. The molecule has 1 saturated heterocycles. The number of benzene rings is 1. The molecule has 1 unspecified atom stereocenters. The maximum atomic E-state index is 6.54. The minimum absolute atomic E-state index is 0.306. The van der Waals surface area contributed by atoms with Crippen LogP contribution in [-0.4, -0.2) is 38.7 Å². The fourth-order valence-electron chi connectivity index (χ4n) is 4.88. The summed E-state index contributed by atoms with van der Waals surface area (Å²) in [7, 11) is 0. The maximum absolute atomic E-state index is 6.54. The van der Waals surface area contributed by atoms with Crippen LogP contribution in [0.25, 0.3) is 5.65 Å². The third kappa shape index (κ3) is 3.55. The third-order valence-corrected chi connectivity index (χ3v) is 8.68. The van der Waals surface area contributed by atoms with Crippen LogP contribution in [0.1, 0.15) is 38.5 Å². The summed E-state index contributed by atoms with van der Waals surface area (Å²) in [6.07, 6.45) is 10.8. The van der Waals surface area contributed by atoms with E-state index in [0.717, 1.165) is 53.7 Å². The van der Waals surface area contributed by atoms with Crippen molar-refractivity contribution < 1.29 is 0 Å². The minimum Gasteiger partial charge on any atom is -0.342 e. The zero-order valence-electron chi connectivity index (χ0n) is 16.6. The largest absolute Gasteiger partial charge is 0.342 e. The molecule has 1 aliphatic carbocycles. The molecule has 3 aromatic rings. The first-order valence-corrected chi connectivity index (χ1v) is 12.0. The molecule has 0 amide bonds.